The maximum atomic E-state index is 12.1. The minimum atomic E-state index is -0.178. The number of hydrogen-bond acceptors (Lipinski definition) is 4. The highest BCUT2D eigenvalue weighted by molar-refractivity contribution is 5.84. The van der Waals surface area contributed by atoms with Gasteiger partial charge in [-0.15, -0.1) is 0 Å². The lowest BCUT2D eigenvalue weighted by atomic mass is 9.87. The Kier molecular flexibility index (Phi) is 11.1. The first-order chi connectivity index (χ1) is 12.1. The molecule has 0 aliphatic heterocycles. The molecule has 2 atom stereocenters. The molecule has 4 nitrogen and oxygen atoms in total. The highest BCUT2D eigenvalue weighted by atomic mass is 16.5. The standard InChI is InChI=1S/C21H34O4/c1-3-4-7-10-18(22)15-13-17-14-16-20(23)19(17)11-8-5-6-9-12-21(24)25-2/h5,8,17,19H,3-4,6-7,9-16H2,1-2H3/b8-5-/t17?,19-/m1/s1. The van der Waals surface area contributed by atoms with Gasteiger partial charge in [-0.3, -0.25) is 14.4 Å². The van der Waals surface area contributed by atoms with Gasteiger partial charge in [0.1, 0.15) is 11.6 Å². The molecule has 1 fully saturated rings. The van der Waals surface area contributed by atoms with Gasteiger partial charge < -0.3 is 4.74 Å². The van der Waals surface area contributed by atoms with Crippen LogP contribution >= 0.6 is 0 Å². The fourth-order valence-electron chi connectivity index (χ4n) is 3.52. The summed E-state index contributed by atoms with van der Waals surface area (Å²) in [6.45, 7) is 2.14. The largest absolute Gasteiger partial charge is 0.469 e. The number of rotatable bonds is 13. The van der Waals surface area contributed by atoms with Crippen molar-refractivity contribution in [3.05, 3.63) is 12.2 Å². The molecule has 1 aliphatic rings. The number of Topliss-reactive ketones (excluding diaryl/α,β-unsaturated/α-hetero) is 2. The van der Waals surface area contributed by atoms with Crippen LogP contribution < -0.4 is 0 Å². The molecule has 0 radical (unpaired) electrons. The fraction of sp³-hybridized carbons (Fsp3) is 0.762. The van der Waals surface area contributed by atoms with E-state index in [-0.39, 0.29) is 11.9 Å². The monoisotopic (exact) mass is 350 g/mol. The minimum absolute atomic E-state index is 0.0836. The SMILES string of the molecule is CCCCCC(=O)CCC1CCC(=O)[C@@H]1C/C=C\CCCC(=O)OC. The van der Waals surface area contributed by atoms with Gasteiger partial charge in [-0.25, -0.2) is 0 Å². The van der Waals surface area contributed by atoms with Crippen LogP contribution in [0.2, 0.25) is 0 Å². The summed E-state index contributed by atoms with van der Waals surface area (Å²) < 4.78 is 4.61. The van der Waals surface area contributed by atoms with Crippen molar-refractivity contribution in [3.63, 3.8) is 0 Å². The molecule has 0 amide bonds. The van der Waals surface area contributed by atoms with Gasteiger partial charge >= 0.3 is 5.97 Å². The molecule has 1 unspecified atom stereocenters. The van der Waals surface area contributed by atoms with E-state index in [0.29, 0.717) is 43.2 Å². The van der Waals surface area contributed by atoms with Crippen LogP contribution in [0.4, 0.5) is 0 Å². The predicted octanol–water partition coefficient (Wildman–Crippen LogP) is 4.80. The van der Waals surface area contributed by atoms with Crippen LogP contribution in [0.5, 0.6) is 0 Å². The van der Waals surface area contributed by atoms with Gasteiger partial charge in [0.05, 0.1) is 7.11 Å². The summed E-state index contributed by atoms with van der Waals surface area (Å²) in [4.78, 5) is 35.1. The molecule has 0 N–H and O–H groups in total. The lowest BCUT2D eigenvalue weighted by molar-refractivity contribution is -0.140. The number of esters is 1. The topological polar surface area (TPSA) is 60.4 Å². The Labute approximate surface area is 152 Å². The van der Waals surface area contributed by atoms with E-state index in [9.17, 15) is 14.4 Å². The number of unbranched alkanes of at least 4 members (excludes halogenated alkanes) is 3. The van der Waals surface area contributed by atoms with Crippen LogP contribution in [-0.2, 0) is 19.1 Å². The zero-order valence-electron chi connectivity index (χ0n) is 15.9. The average Bonchev–Trinajstić information content (AvgIpc) is 2.96. The molecule has 4 heteroatoms. The molecule has 0 aromatic carbocycles. The van der Waals surface area contributed by atoms with Crippen molar-refractivity contribution in [3.8, 4) is 0 Å². The molecule has 0 spiro atoms. The Morgan fingerprint density at radius 2 is 1.92 bits per heavy atom. The summed E-state index contributed by atoms with van der Waals surface area (Å²) >= 11 is 0. The van der Waals surface area contributed by atoms with Crippen LogP contribution in [0, 0.1) is 11.8 Å². The van der Waals surface area contributed by atoms with Gasteiger partial charge in [0.2, 0.25) is 0 Å². The maximum Gasteiger partial charge on any atom is 0.305 e. The third-order valence-corrected chi connectivity index (χ3v) is 5.13. The number of carbonyl (C=O) groups is 3. The molecule has 0 heterocycles. The zero-order chi connectivity index (χ0) is 18.5. The Balaban J connectivity index is 2.27. The number of ketones is 2. The summed E-state index contributed by atoms with van der Waals surface area (Å²) in [5, 5.41) is 0. The van der Waals surface area contributed by atoms with Crippen molar-refractivity contribution < 1.29 is 19.1 Å². The van der Waals surface area contributed by atoms with Gasteiger partial charge in [-0.1, -0.05) is 31.9 Å². The number of ether oxygens (including phenoxy) is 1. The fourth-order valence-corrected chi connectivity index (χ4v) is 3.52. The quantitative estimate of drug-likeness (QED) is 0.272. The highest BCUT2D eigenvalue weighted by Gasteiger charge is 2.33. The summed E-state index contributed by atoms with van der Waals surface area (Å²) in [5.41, 5.74) is 0. The molecule has 142 valence electrons. The van der Waals surface area contributed by atoms with Gasteiger partial charge in [0.15, 0.2) is 0 Å². The van der Waals surface area contributed by atoms with E-state index in [1.807, 2.05) is 0 Å². The highest BCUT2D eigenvalue weighted by Crippen LogP contribution is 2.35. The van der Waals surface area contributed by atoms with E-state index in [1.54, 1.807) is 0 Å². The van der Waals surface area contributed by atoms with Crippen molar-refractivity contribution in [1.82, 2.24) is 0 Å². The number of hydrogen-bond donors (Lipinski definition) is 0. The first kappa shape index (κ1) is 21.6. The molecular formula is C21H34O4. The minimum Gasteiger partial charge on any atom is -0.469 e. The van der Waals surface area contributed by atoms with Crippen LogP contribution in [0.3, 0.4) is 0 Å². The lowest BCUT2D eigenvalue weighted by Crippen LogP contribution is -2.15. The Bertz CT molecular complexity index is 453. The Hall–Kier alpha value is -1.45. The molecular weight excluding hydrogens is 316 g/mol. The van der Waals surface area contributed by atoms with Crippen molar-refractivity contribution in [2.45, 2.75) is 84.0 Å². The lowest BCUT2D eigenvalue weighted by Gasteiger charge is -2.16. The van der Waals surface area contributed by atoms with Crippen molar-refractivity contribution >= 4 is 17.5 Å². The predicted molar refractivity (Wildman–Crippen MR) is 99.2 cm³/mol. The number of methoxy groups -OCH3 is 1. The molecule has 1 aliphatic carbocycles. The van der Waals surface area contributed by atoms with Crippen LogP contribution in [0.15, 0.2) is 12.2 Å². The van der Waals surface area contributed by atoms with Gasteiger partial charge in [0, 0.05) is 31.6 Å². The van der Waals surface area contributed by atoms with Gasteiger partial charge in [0.25, 0.3) is 0 Å². The van der Waals surface area contributed by atoms with E-state index in [4.69, 9.17) is 0 Å². The third-order valence-electron chi connectivity index (χ3n) is 5.13. The van der Waals surface area contributed by atoms with E-state index in [0.717, 1.165) is 51.4 Å². The molecule has 1 rings (SSSR count). The second-order valence-corrected chi connectivity index (χ2v) is 7.08. The normalized spacial score (nSPS) is 20.3. The number of allylic oxidation sites excluding steroid dienone is 2. The Morgan fingerprint density at radius 1 is 1.12 bits per heavy atom. The molecule has 1 saturated carbocycles. The maximum absolute atomic E-state index is 12.1. The second-order valence-electron chi connectivity index (χ2n) is 7.08. The first-order valence-electron chi connectivity index (χ1n) is 9.84. The Morgan fingerprint density at radius 3 is 2.64 bits per heavy atom. The summed E-state index contributed by atoms with van der Waals surface area (Å²) in [6, 6.07) is 0. The van der Waals surface area contributed by atoms with E-state index >= 15 is 0 Å². The zero-order valence-corrected chi connectivity index (χ0v) is 15.9. The average molecular weight is 350 g/mol. The van der Waals surface area contributed by atoms with Gasteiger partial charge in [-0.05, 0) is 44.4 Å². The summed E-state index contributed by atoms with van der Waals surface area (Å²) in [7, 11) is 1.40. The smallest absolute Gasteiger partial charge is 0.305 e. The van der Waals surface area contributed by atoms with Crippen molar-refractivity contribution in [2.75, 3.05) is 7.11 Å². The molecule has 25 heavy (non-hydrogen) atoms. The molecule has 0 aromatic heterocycles. The van der Waals surface area contributed by atoms with Crippen LogP contribution in [-0.4, -0.2) is 24.6 Å². The van der Waals surface area contributed by atoms with Gasteiger partial charge in [-0.2, -0.15) is 0 Å². The van der Waals surface area contributed by atoms with Crippen molar-refractivity contribution in [2.24, 2.45) is 11.8 Å². The third kappa shape index (κ3) is 8.99. The summed E-state index contributed by atoms with van der Waals surface area (Å²) in [5.74, 6) is 0.971. The first-order valence-corrected chi connectivity index (χ1v) is 9.84. The van der Waals surface area contributed by atoms with Crippen LogP contribution in [0.1, 0.15) is 84.0 Å². The van der Waals surface area contributed by atoms with E-state index in [2.05, 4.69) is 23.8 Å². The van der Waals surface area contributed by atoms with E-state index < -0.39 is 0 Å². The molecule has 0 saturated heterocycles. The molecule has 0 bridgehead atoms. The van der Waals surface area contributed by atoms with E-state index in [1.165, 1.54) is 7.11 Å². The van der Waals surface area contributed by atoms with Crippen LogP contribution in [0.25, 0.3) is 0 Å². The van der Waals surface area contributed by atoms with Crippen molar-refractivity contribution in [1.29, 1.82) is 0 Å². The molecule has 0 aromatic rings. The second kappa shape index (κ2) is 12.8. The number of carbonyl (C=O) groups excluding carboxylic acids is 3. The summed E-state index contributed by atoms with van der Waals surface area (Å²) in [6.07, 6.45) is 14.0.